The molecule has 0 heterocycles. The maximum Gasteiger partial charge on any atom is 0.336 e. The third kappa shape index (κ3) is 1.72. The number of Topliss-reactive ketones (excluding diaryl/α,β-unsaturated/α-hetero) is 2. The molecule has 0 aliphatic heterocycles. The molecule has 0 aromatic heterocycles. The van der Waals surface area contributed by atoms with E-state index in [0.717, 1.165) is 11.1 Å². The minimum Gasteiger partial charge on any atom is -0.286 e. The topological polar surface area (TPSA) is 77.3 Å². The maximum absolute atomic E-state index is 12.0. The molecule has 0 amide bonds. The molecule has 0 fully saturated rings. The van der Waals surface area contributed by atoms with E-state index in [2.05, 4.69) is 0 Å². The van der Waals surface area contributed by atoms with Crippen LogP contribution in [0.4, 0.5) is 0 Å². The van der Waals surface area contributed by atoms with E-state index in [1.165, 1.54) is 6.07 Å². The number of carbonyl (C=O) groups is 2. The zero-order valence-electron chi connectivity index (χ0n) is 10.3. The molecular weight excluding hydrogens is 258 g/mol. The first-order valence-corrected chi connectivity index (χ1v) is 6.01. The quantitative estimate of drug-likeness (QED) is 0.475. The second-order valence-electron chi connectivity index (χ2n) is 4.54. The molecule has 5 heteroatoms. The van der Waals surface area contributed by atoms with Gasteiger partial charge in [0.15, 0.2) is 0 Å². The van der Waals surface area contributed by atoms with E-state index >= 15 is 0 Å². The third-order valence-corrected chi connectivity index (χ3v) is 3.37. The molecule has 2 aromatic rings. The first kappa shape index (κ1) is 12.2. The van der Waals surface area contributed by atoms with Crippen LogP contribution >= 0.6 is 0 Å². The van der Waals surface area contributed by atoms with Gasteiger partial charge in [0.2, 0.25) is 11.6 Å². The molecule has 0 saturated carbocycles. The molecule has 0 unspecified atom stereocenters. The number of carbonyl (C=O) groups excluding carboxylic acids is 2. The van der Waals surface area contributed by atoms with Crippen LogP contribution in [-0.4, -0.2) is 22.5 Å². The molecule has 0 N–H and O–H groups in total. The van der Waals surface area contributed by atoms with Gasteiger partial charge in [-0.25, -0.2) is 0 Å². The molecule has 1 atom stereocenters. The molecule has 20 heavy (non-hydrogen) atoms. The van der Waals surface area contributed by atoms with Crippen molar-refractivity contribution in [2.75, 3.05) is 0 Å². The SMILES string of the molecule is O=C1c2ccc(-c3ccccc3)cc2C(=O)[C@H]1[N+](=O)[O-]. The summed E-state index contributed by atoms with van der Waals surface area (Å²) in [4.78, 5) is 33.8. The van der Waals surface area contributed by atoms with Crippen LogP contribution in [0, 0.1) is 10.1 Å². The number of benzene rings is 2. The Bertz CT molecular complexity index is 737. The van der Waals surface area contributed by atoms with E-state index < -0.39 is 22.5 Å². The Kier molecular flexibility index (Phi) is 2.68. The summed E-state index contributed by atoms with van der Waals surface area (Å²) in [7, 11) is 0. The van der Waals surface area contributed by atoms with Gasteiger partial charge in [-0.1, -0.05) is 36.4 Å². The molecule has 3 rings (SSSR count). The predicted octanol–water partition coefficient (Wildman–Crippen LogP) is 2.38. The first-order valence-electron chi connectivity index (χ1n) is 6.01. The summed E-state index contributed by atoms with van der Waals surface area (Å²) in [6.07, 6.45) is 0. The Balaban J connectivity index is 2.11. The van der Waals surface area contributed by atoms with Crippen LogP contribution < -0.4 is 0 Å². The standard InChI is InChI=1S/C15H9NO4/c17-14-11-7-6-10(9-4-2-1-3-5-9)8-12(11)15(18)13(14)16(19)20/h1-8,13H/t13-/m0/s1. The summed E-state index contributed by atoms with van der Waals surface area (Å²) >= 11 is 0. The largest absolute Gasteiger partial charge is 0.336 e. The highest BCUT2D eigenvalue weighted by Crippen LogP contribution is 2.29. The molecule has 98 valence electrons. The number of nitro groups is 1. The average molecular weight is 267 g/mol. The van der Waals surface area contributed by atoms with Gasteiger partial charge in [0, 0.05) is 16.1 Å². The predicted molar refractivity (Wildman–Crippen MR) is 71.3 cm³/mol. The van der Waals surface area contributed by atoms with E-state index in [9.17, 15) is 19.7 Å². The lowest BCUT2D eigenvalue weighted by molar-refractivity contribution is -0.488. The van der Waals surface area contributed by atoms with Gasteiger partial charge in [0.1, 0.15) is 0 Å². The lowest BCUT2D eigenvalue weighted by atomic mass is 10.0. The second-order valence-corrected chi connectivity index (χ2v) is 4.54. The van der Waals surface area contributed by atoms with E-state index in [4.69, 9.17) is 0 Å². The minimum absolute atomic E-state index is 0.136. The normalized spacial score (nSPS) is 17.1. The smallest absolute Gasteiger partial charge is 0.286 e. The zero-order valence-corrected chi connectivity index (χ0v) is 10.3. The Morgan fingerprint density at radius 1 is 0.850 bits per heavy atom. The van der Waals surface area contributed by atoms with Crippen molar-refractivity contribution in [1.29, 1.82) is 0 Å². The van der Waals surface area contributed by atoms with E-state index in [1.54, 1.807) is 12.1 Å². The van der Waals surface area contributed by atoms with Crippen LogP contribution in [0.2, 0.25) is 0 Å². The van der Waals surface area contributed by atoms with E-state index in [1.807, 2.05) is 30.3 Å². The molecule has 0 bridgehead atoms. The lowest BCUT2D eigenvalue weighted by Gasteiger charge is -2.03. The fraction of sp³-hybridized carbons (Fsp3) is 0.0667. The zero-order chi connectivity index (χ0) is 14.3. The summed E-state index contributed by atoms with van der Waals surface area (Å²) in [5.41, 5.74) is 1.92. The van der Waals surface area contributed by atoms with Crippen molar-refractivity contribution in [2.24, 2.45) is 0 Å². The van der Waals surface area contributed by atoms with Crippen molar-refractivity contribution in [3.8, 4) is 11.1 Å². The highest BCUT2D eigenvalue weighted by Gasteiger charge is 2.47. The van der Waals surface area contributed by atoms with Crippen LogP contribution in [0.25, 0.3) is 11.1 Å². The number of rotatable bonds is 2. The van der Waals surface area contributed by atoms with E-state index in [-0.39, 0.29) is 11.1 Å². The summed E-state index contributed by atoms with van der Waals surface area (Å²) in [6, 6.07) is 12.3. The Labute approximate surface area is 114 Å². The van der Waals surface area contributed by atoms with Crippen LogP contribution in [0.3, 0.4) is 0 Å². The lowest BCUT2D eigenvalue weighted by Crippen LogP contribution is -2.31. The van der Waals surface area contributed by atoms with Crippen LogP contribution in [0.15, 0.2) is 48.5 Å². The van der Waals surface area contributed by atoms with Crippen molar-refractivity contribution >= 4 is 11.6 Å². The highest BCUT2D eigenvalue weighted by atomic mass is 16.6. The minimum atomic E-state index is -1.78. The summed E-state index contributed by atoms with van der Waals surface area (Å²) in [5.74, 6) is -1.46. The molecule has 0 spiro atoms. The Hall–Kier alpha value is -2.82. The second kappa shape index (κ2) is 4.38. The molecule has 5 nitrogen and oxygen atoms in total. The van der Waals surface area contributed by atoms with Crippen LogP contribution in [0.1, 0.15) is 20.7 Å². The van der Waals surface area contributed by atoms with Gasteiger partial charge in [-0.05, 0) is 23.3 Å². The number of ketones is 2. The Morgan fingerprint density at radius 2 is 1.50 bits per heavy atom. The average Bonchev–Trinajstić information content (AvgIpc) is 2.71. The monoisotopic (exact) mass is 267 g/mol. The van der Waals surface area contributed by atoms with Gasteiger partial charge in [0.25, 0.3) is 0 Å². The number of hydrogen-bond acceptors (Lipinski definition) is 4. The van der Waals surface area contributed by atoms with Crippen molar-refractivity contribution in [3.63, 3.8) is 0 Å². The van der Waals surface area contributed by atoms with Crippen molar-refractivity contribution in [1.82, 2.24) is 0 Å². The van der Waals surface area contributed by atoms with Gasteiger partial charge in [0.05, 0.1) is 0 Å². The van der Waals surface area contributed by atoms with Gasteiger partial charge in [-0.3, -0.25) is 19.7 Å². The maximum atomic E-state index is 12.0. The molecule has 1 aliphatic rings. The fourth-order valence-corrected chi connectivity index (χ4v) is 2.38. The fourth-order valence-electron chi connectivity index (χ4n) is 2.38. The molecule has 0 saturated heterocycles. The van der Waals surface area contributed by atoms with Gasteiger partial charge in [-0.15, -0.1) is 0 Å². The molecular formula is C15H9NO4. The summed E-state index contributed by atoms with van der Waals surface area (Å²) < 4.78 is 0. The highest BCUT2D eigenvalue weighted by molar-refractivity contribution is 6.28. The summed E-state index contributed by atoms with van der Waals surface area (Å²) in [5, 5.41) is 10.8. The molecule has 0 radical (unpaired) electrons. The van der Waals surface area contributed by atoms with Gasteiger partial charge < -0.3 is 0 Å². The van der Waals surface area contributed by atoms with Gasteiger partial charge in [-0.2, -0.15) is 0 Å². The van der Waals surface area contributed by atoms with Crippen molar-refractivity contribution in [3.05, 3.63) is 69.8 Å². The van der Waals surface area contributed by atoms with Crippen LogP contribution in [0.5, 0.6) is 0 Å². The Morgan fingerprint density at radius 3 is 2.15 bits per heavy atom. The van der Waals surface area contributed by atoms with Gasteiger partial charge >= 0.3 is 6.04 Å². The van der Waals surface area contributed by atoms with Crippen molar-refractivity contribution < 1.29 is 14.5 Å². The number of hydrogen-bond donors (Lipinski definition) is 0. The number of nitrogens with zero attached hydrogens (tertiary/aromatic N) is 1. The van der Waals surface area contributed by atoms with Crippen molar-refractivity contribution in [2.45, 2.75) is 6.04 Å². The van der Waals surface area contributed by atoms with E-state index in [0.29, 0.717) is 0 Å². The molecule has 1 aliphatic carbocycles. The number of fused-ring (bicyclic) bond motifs is 1. The molecule has 2 aromatic carbocycles. The summed E-state index contributed by atoms with van der Waals surface area (Å²) in [6.45, 7) is 0. The van der Waals surface area contributed by atoms with Crippen LogP contribution in [-0.2, 0) is 0 Å². The third-order valence-electron chi connectivity index (χ3n) is 3.37. The first-order chi connectivity index (χ1) is 9.59.